The number of nitriles is 1. The Balaban J connectivity index is 2.22. The topological polar surface area (TPSA) is 59.0 Å². The lowest BCUT2D eigenvalue weighted by atomic mass is 9.98. The van der Waals surface area contributed by atoms with Gasteiger partial charge in [0.05, 0.1) is 12.7 Å². The van der Waals surface area contributed by atoms with Gasteiger partial charge in [0.1, 0.15) is 5.54 Å². The van der Waals surface area contributed by atoms with Gasteiger partial charge in [-0.25, -0.2) is 4.39 Å². The molecule has 1 aromatic carbocycles. The van der Waals surface area contributed by atoms with Crippen LogP contribution in [0.4, 0.5) is 4.39 Å². The maximum absolute atomic E-state index is 13.2. The summed E-state index contributed by atoms with van der Waals surface area (Å²) < 4.78 is 18.4. The smallest absolute Gasteiger partial charge is 0.165 e. The van der Waals surface area contributed by atoms with Crippen molar-refractivity contribution in [3.05, 3.63) is 30.1 Å². The Labute approximate surface area is 101 Å². The first-order valence-electron chi connectivity index (χ1n) is 5.62. The third-order valence-electron chi connectivity index (χ3n) is 2.44. The highest BCUT2D eigenvalue weighted by molar-refractivity contribution is 5.23. The van der Waals surface area contributed by atoms with E-state index in [1.165, 1.54) is 6.07 Å². The maximum atomic E-state index is 13.2. The number of ether oxygens (including phenoxy) is 1. The first-order valence-corrected chi connectivity index (χ1v) is 5.62. The predicted molar refractivity (Wildman–Crippen MR) is 64.0 cm³/mol. The third kappa shape index (κ3) is 4.83. The van der Waals surface area contributed by atoms with E-state index < -0.39 is 5.54 Å². The van der Waals surface area contributed by atoms with Crippen molar-refractivity contribution in [2.75, 3.05) is 6.61 Å². The van der Waals surface area contributed by atoms with Crippen molar-refractivity contribution in [2.45, 2.75) is 31.7 Å². The van der Waals surface area contributed by atoms with Crippen LogP contribution in [0.3, 0.4) is 0 Å². The van der Waals surface area contributed by atoms with Crippen molar-refractivity contribution in [3.63, 3.8) is 0 Å². The molecule has 1 atom stereocenters. The Kier molecular flexibility index (Phi) is 4.92. The lowest BCUT2D eigenvalue weighted by Gasteiger charge is -2.14. The van der Waals surface area contributed by atoms with E-state index >= 15 is 0 Å². The Morgan fingerprint density at radius 3 is 2.76 bits per heavy atom. The van der Waals surface area contributed by atoms with Gasteiger partial charge in [-0.2, -0.15) is 5.26 Å². The molecule has 17 heavy (non-hydrogen) atoms. The van der Waals surface area contributed by atoms with E-state index in [1.54, 1.807) is 25.1 Å². The second-order valence-electron chi connectivity index (χ2n) is 4.27. The summed E-state index contributed by atoms with van der Waals surface area (Å²) in [5, 5.41) is 8.71. The molecule has 3 nitrogen and oxygen atoms in total. The van der Waals surface area contributed by atoms with Crippen LogP contribution in [-0.4, -0.2) is 12.1 Å². The van der Waals surface area contributed by atoms with Crippen LogP contribution in [0, 0.1) is 17.1 Å². The second-order valence-corrected chi connectivity index (χ2v) is 4.27. The van der Waals surface area contributed by atoms with E-state index in [0.717, 1.165) is 12.8 Å². The molecule has 92 valence electrons. The van der Waals surface area contributed by atoms with Gasteiger partial charge in [-0.1, -0.05) is 12.1 Å². The van der Waals surface area contributed by atoms with E-state index in [4.69, 9.17) is 15.7 Å². The van der Waals surface area contributed by atoms with Gasteiger partial charge in [-0.05, 0) is 38.3 Å². The number of nitrogens with two attached hydrogens (primary N) is 1. The Morgan fingerprint density at radius 2 is 2.12 bits per heavy atom. The molecule has 0 aromatic heterocycles. The quantitative estimate of drug-likeness (QED) is 0.772. The minimum absolute atomic E-state index is 0.267. The molecule has 1 aromatic rings. The summed E-state index contributed by atoms with van der Waals surface area (Å²) in [6, 6.07) is 8.34. The van der Waals surface area contributed by atoms with Gasteiger partial charge >= 0.3 is 0 Å². The number of nitrogens with zero attached hydrogens (tertiary/aromatic N) is 1. The molecule has 0 aliphatic carbocycles. The summed E-state index contributed by atoms with van der Waals surface area (Å²) in [6.45, 7) is 2.13. The average molecular weight is 236 g/mol. The van der Waals surface area contributed by atoms with Gasteiger partial charge in [0.2, 0.25) is 0 Å². The standard InChI is InChI=1S/C13H17FN2O/c1-13(16,10-15)8-4-5-9-17-12-7-3-2-6-11(12)14/h2-3,6-7H,4-5,8-9,16H2,1H3. The van der Waals surface area contributed by atoms with E-state index in [-0.39, 0.29) is 11.6 Å². The van der Waals surface area contributed by atoms with Crippen molar-refractivity contribution in [1.82, 2.24) is 0 Å². The molecule has 0 saturated carbocycles. The molecule has 0 heterocycles. The minimum Gasteiger partial charge on any atom is -0.491 e. The van der Waals surface area contributed by atoms with E-state index in [9.17, 15) is 4.39 Å². The summed E-state index contributed by atoms with van der Waals surface area (Å²) in [5.41, 5.74) is 4.89. The van der Waals surface area contributed by atoms with Crippen LogP contribution in [0.2, 0.25) is 0 Å². The van der Waals surface area contributed by atoms with Crippen LogP contribution in [0.1, 0.15) is 26.2 Å². The van der Waals surface area contributed by atoms with Gasteiger partial charge in [-0.15, -0.1) is 0 Å². The first-order chi connectivity index (χ1) is 8.05. The fourth-order valence-electron chi connectivity index (χ4n) is 1.39. The Morgan fingerprint density at radius 1 is 1.41 bits per heavy atom. The zero-order valence-corrected chi connectivity index (χ0v) is 9.95. The molecular weight excluding hydrogens is 219 g/mol. The van der Waals surface area contributed by atoms with Crippen molar-refractivity contribution >= 4 is 0 Å². The third-order valence-corrected chi connectivity index (χ3v) is 2.44. The molecular formula is C13H17FN2O. The molecule has 1 rings (SSSR count). The number of rotatable bonds is 6. The normalized spacial score (nSPS) is 13.8. The van der Waals surface area contributed by atoms with Crippen LogP contribution < -0.4 is 10.5 Å². The molecule has 0 radical (unpaired) electrons. The molecule has 0 aliphatic rings. The van der Waals surface area contributed by atoms with E-state index in [0.29, 0.717) is 13.0 Å². The fourth-order valence-corrected chi connectivity index (χ4v) is 1.39. The zero-order valence-electron chi connectivity index (χ0n) is 9.95. The lowest BCUT2D eigenvalue weighted by molar-refractivity contribution is 0.287. The van der Waals surface area contributed by atoms with Crippen molar-refractivity contribution < 1.29 is 9.13 Å². The highest BCUT2D eigenvalue weighted by Gasteiger charge is 2.15. The summed E-state index contributed by atoms with van der Waals surface area (Å²) in [6.07, 6.45) is 2.15. The van der Waals surface area contributed by atoms with Gasteiger partial charge in [-0.3, -0.25) is 0 Å². The molecule has 0 fully saturated rings. The summed E-state index contributed by atoms with van der Waals surface area (Å²) in [5.74, 6) is -0.0866. The number of hydrogen-bond acceptors (Lipinski definition) is 3. The van der Waals surface area contributed by atoms with Gasteiger partial charge in [0, 0.05) is 0 Å². The van der Waals surface area contributed by atoms with E-state index in [2.05, 4.69) is 0 Å². The van der Waals surface area contributed by atoms with Gasteiger partial charge < -0.3 is 10.5 Å². The number of benzene rings is 1. The lowest BCUT2D eigenvalue weighted by Crippen LogP contribution is -2.33. The zero-order chi connectivity index (χ0) is 12.7. The van der Waals surface area contributed by atoms with Crippen LogP contribution >= 0.6 is 0 Å². The monoisotopic (exact) mass is 236 g/mol. The highest BCUT2D eigenvalue weighted by atomic mass is 19.1. The molecule has 0 aliphatic heterocycles. The molecule has 1 unspecified atom stereocenters. The van der Waals surface area contributed by atoms with Crippen molar-refractivity contribution in [3.8, 4) is 11.8 Å². The predicted octanol–water partition coefficient (Wildman–Crippen LogP) is 2.62. The number of hydrogen-bond donors (Lipinski definition) is 1. The molecule has 0 spiro atoms. The van der Waals surface area contributed by atoms with Gasteiger partial charge in [0.15, 0.2) is 11.6 Å². The number of halogens is 1. The fraction of sp³-hybridized carbons (Fsp3) is 0.462. The molecule has 0 amide bonds. The molecule has 4 heteroatoms. The summed E-state index contributed by atoms with van der Waals surface area (Å²) >= 11 is 0. The van der Waals surface area contributed by atoms with Crippen LogP contribution in [-0.2, 0) is 0 Å². The summed E-state index contributed by atoms with van der Waals surface area (Å²) in [7, 11) is 0. The number of unbranched alkanes of at least 4 members (excludes halogenated alkanes) is 1. The molecule has 0 saturated heterocycles. The molecule has 2 N–H and O–H groups in total. The number of para-hydroxylation sites is 1. The SMILES string of the molecule is CC(N)(C#N)CCCCOc1ccccc1F. The van der Waals surface area contributed by atoms with Crippen LogP contribution in [0.25, 0.3) is 0 Å². The first kappa shape index (κ1) is 13.5. The highest BCUT2D eigenvalue weighted by Crippen LogP contribution is 2.16. The van der Waals surface area contributed by atoms with Crippen LogP contribution in [0.15, 0.2) is 24.3 Å². The minimum atomic E-state index is -0.780. The maximum Gasteiger partial charge on any atom is 0.165 e. The van der Waals surface area contributed by atoms with Crippen molar-refractivity contribution in [1.29, 1.82) is 5.26 Å². The molecule has 0 bridgehead atoms. The Bertz CT molecular complexity index is 399. The largest absolute Gasteiger partial charge is 0.491 e. The van der Waals surface area contributed by atoms with Gasteiger partial charge in [0.25, 0.3) is 0 Å². The van der Waals surface area contributed by atoms with E-state index in [1.807, 2.05) is 6.07 Å². The second kappa shape index (κ2) is 6.21. The Hall–Kier alpha value is -1.60. The average Bonchev–Trinajstić information content (AvgIpc) is 2.31. The summed E-state index contributed by atoms with van der Waals surface area (Å²) in [4.78, 5) is 0. The van der Waals surface area contributed by atoms with Crippen LogP contribution in [0.5, 0.6) is 5.75 Å². The van der Waals surface area contributed by atoms with Crippen molar-refractivity contribution in [2.24, 2.45) is 5.73 Å².